The summed E-state index contributed by atoms with van der Waals surface area (Å²) in [7, 11) is 0. The summed E-state index contributed by atoms with van der Waals surface area (Å²) in [6.07, 6.45) is -4.88. The lowest BCUT2D eigenvalue weighted by Crippen LogP contribution is -2.48. The zero-order valence-electron chi connectivity index (χ0n) is 15.4. The van der Waals surface area contributed by atoms with E-state index in [1.165, 1.54) is 6.92 Å². The molecule has 8 atom stereocenters. The summed E-state index contributed by atoms with van der Waals surface area (Å²) in [5, 5.41) is 40.3. The second-order valence-corrected chi connectivity index (χ2v) is 7.52. The predicted molar refractivity (Wildman–Crippen MR) is 86.8 cm³/mol. The Bertz CT molecular complexity index is 723. The smallest absolute Gasteiger partial charge is 0.336 e. The van der Waals surface area contributed by atoms with Crippen LogP contribution in [0, 0.1) is 0 Å². The van der Waals surface area contributed by atoms with E-state index in [0.717, 1.165) is 6.08 Å². The summed E-state index contributed by atoms with van der Waals surface area (Å²) >= 11 is 0. The van der Waals surface area contributed by atoms with Crippen molar-refractivity contribution in [3.63, 3.8) is 0 Å². The molecule has 162 valence electrons. The van der Waals surface area contributed by atoms with E-state index in [2.05, 4.69) is 0 Å². The molecule has 0 saturated carbocycles. The molecule has 4 heterocycles. The van der Waals surface area contributed by atoms with Crippen molar-refractivity contribution in [1.29, 1.82) is 0 Å². The number of fused-ring (bicyclic) bond motifs is 2. The van der Waals surface area contributed by atoms with Gasteiger partial charge in [0.05, 0.1) is 13.2 Å². The average Bonchev–Trinajstić information content (AvgIpc) is 3.36. The number of rotatable bonds is 4. The first-order valence-electron chi connectivity index (χ1n) is 9.05. The van der Waals surface area contributed by atoms with Gasteiger partial charge >= 0.3 is 11.9 Å². The van der Waals surface area contributed by atoms with Gasteiger partial charge in [0.25, 0.3) is 11.6 Å². The minimum Gasteiger partial charge on any atom is -0.424 e. The van der Waals surface area contributed by atoms with Crippen LogP contribution in [0.15, 0.2) is 11.6 Å². The molecule has 0 bridgehead atoms. The number of aliphatic hydroxyl groups excluding tert-OH is 2. The Morgan fingerprint density at radius 2 is 1.38 bits per heavy atom. The van der Waals surface area contributed by atoms with Crippen LogP contribution in [0.5, 0.6) is 0 Å². The van der Waals surface area contributed by atoms with Crippen molar-refractivity contribution in [3.05, 3.63) is 11.6 Å². The van der Waals surface area contributed by atoms with E-state index in [0.29, 0.717) is 0 Å². The fourth-order valence-corrected chi connectivity index (χ4v) is 3.81. The third-order valence-corrected chi connectivity index (χ3v) is 5.31. The number of hydrogen-bond acceptors (Lipinski definition) is 12. The molecule has 4 aliphatic heterocycles. The van der Waals surface area contributed by atoms with Crippen LogP contribution in [0.2, 0.25) is 0 Å². The van der Waals surface area contributed by atoms with E-state index in [-0.39, 0.29) is 18.8 Å². The van der Waals surface area contributed by atoms with Crippen molar-refractivity contribution < 1.29 is 58.4 Å². The van der Waals surface area contributed by atoms with E-state index >= 15 is 0 Å². The molecular formula is C17H22O12. The summed E-state index contributed by atoms with van der Waals surface area (Å²) in [5.41, 5.74) is -0.225. The number of esters is 2. The highest BCUT2D eigenvalue weighted by atomic mass is 16.7. The van der Waals surface area contributed by atoms with E-state index in [1.807, 2.05) is 0 Å². The van der Waals surface area contributed by atoms with Gasteiger partial charge in [0.1, 0.15) is 37.6 Å². The largest absolute Gasteiger partial charge is 0.424 e. The zero-order chi connectivity index (χ0) is 21.0. The number of carbonyl (C=O) groups excluding carboxylic acids is 2. The van der Waals surface area contributed by atoms with Crippen LogP contribution in [0.1, 0.15) is 6.92 Å². The van der Waals surface area contributed by atoms with Gasteiger partial charge in [-0.2, -0.15) is 0 Å². The zero-order valence-corrected chi connectivity index (χ0v) is 15.4. The minimum absolute atomic E-state index is 0.0734. The summed E-state index contributed by atoms with van der Waals surface area (Å²) in [5.74, 6) is -6.34. The topological polar surface area (TPSA) is 170 Å². The first kappa shape index (κ1) is 20.6. The number of aliphatic hydroxyl groups is 4. The molecule has 0 amide bonds. The molecule has 4 aliphatic rings. The quantitative estimate of drug-likeness (QED) is 0.204. The van der Waals surface area contributed by atoms with Gasteiger partial charge < -0.3 is 48.8 Å². The van der Waals surface area contributed by atoms with Gasteiger partial charge in [0.2, 0.25) is 0 Å². The maximum absolute atomic E-state index is 12.3. The normalized spacial score (nSPS) is 46.4. The van der Waals surface area contributed by atoms with Crippen molar-refractivity contribution in [3.8, 4) is 0 Å². The SMILES string of the molecule is C/C(=C\C(=O)O[C@@]1(O)CO[C@@H]2[C@H](O)CO[C@@H]21)C(=O)O[C@@]1(O)CO[C@@H]2[C@H](O)CO[C@@H]21. The highest BCUT2D eigenvalue weighted by Gasteiger charge is 2.59. The van der Waals surface area contributed by atoms with Crippen molar-refractivity contribution in [1.82, 2.24) is 0 Å². The standard InChI is InChI=1S/C17H22O12/c1-7(15(21)29-17(23)6-27-12-9(19)4-25-14(12)17)2-10(20)28-16(22)5-26-11-8(18)3-24-13(11)16/h2,8-9,11-14,18-19,22-23H,3-6H2,1H3/b7-2+/t8-,9-,11-,12-,13+,14+,16+,17+/m1/s1. The Hall–Kier alpha value is -1.64. The maximum Gasteiger partial charge on any atom is 0.336 e. The molecule has 4 N–H and O–H groups in total. The Morgan fingerprint density at radius 1 is 0.897 bits per heavy atom. The predicted octanol–water partition coefficient (Wildman–Crippen LogP) is -3.29. The highest BCUT2D eigenvalue weighted by molar-refractivity contribution is 5.96. The number of hydrogen-bond donors (Lipinski definition) is 4. The molecule has 0 spiro atoms. The molecule has 0 aromatic carbocycles. The van der Waals surface area contributed by atoms with Crippen LogP contribution in [-0.4, -0.2) is 107 Å². The van der Waals surface area contributed by atoms with E-state index in [9.17, 15) is 30.0 Å². The third-order valence-electron chi connectivity index (χ3n) is 5.31. The molecule has 29 heavy (non-hydrogen) atoms. The summed E-state index contributed by atoms with van der Waals surface area (Å²) in [6.45, 7) is 0.301. The van der Waals surface area contributed by atoms with E-state index in [4.69, 9.17) is 28.4 Å². The highest BCUT2D eigenvalue weighted by Crippen LogP contribution is 2.36. The third kappa shape index (κ3) is 3.55. The summed E-state index contributed by atoms with van der Waals surface area (Å²) in [6, 6.07) is 0. The van der Waals surface area contributed by atoms with Gasteiger partial charge in [0.15, 0.2) is 12.2 Å². The second-order valence-electron chi connectivity index (χ2n) is 7.52. The van der Waals surface area contributed by atoms with Crippen LogP contribution in [0.4, 0.5) is 0 Å². The van der Waals surface area contributed by atoms with Gasteiger partial charge in [-0.25, -0.2) is 9.59 Å². The molecule has 4 saturated heterocycles. The van der Waals surface area contributed by atoms with Crippen LogP contribution < -0.4 is 0 Å². The molecule has 0 radical (unpaired) electrons. The minimum atomic E-state index is -2.11. The molecule has 0 unspecified atom stereocenters. The van der Waals surface area contributed by atoms with Crippen molar-refractivity contribution in [2.24, 2.45) is 0 Å². The van der Waals surface area contributed by atoms with Crippen LogP contribution in [0.25, 0.3) is 0 Å². The number of carbonyl (C=O) groups is 2. The van der Waals surface area contributed by atoms with Gasteiger partial charge in [-0.1, -0.05) is 0 Å². The fourth-order valence-electron chi connectivity index (χ4n) is 3.81. The van der Waals surface area contributed by atoms with Crippen LogP contribution >= 0.6 is 0 Å². The van der Waals surface area contributed by atoms with Gasteiger partial charge in [0, 0.05) is 11.6 Å². The van der Waals surface area contributed by atoms with Crippen molar-refractivity contribution in [2.75, 3.05) is 26.4 Å². The average molecular weight is 418 g/mol. The van der Waals surface area contributed by atoms with Crippen LogP contribution in [-0.2, 0) is 38.0 Å². The first-order valence-corrected chi connectivity index (χ1v) is 9.05. The Labute approximate surface area is 164 Å². The van der Waals surface area contributed by atoms with E-state index < -0.39 is 73.4 Å². The summed E-state index contributed by atoms with van der Waals surface area (Å²) < 4.78 is 30.9. The molecule has 0 aromatic rings. The number of ether oxygens (including phenoxy) is 6. The molecular weight excluding hydrogens is 396 g/mol. The lowest BCUT2D eigenvalue weighted by Gasteiger charge is -2.27. The lowest BCUT2D eigenvalue weighted by molar-refractivity contribution is -0.236. The van der Waals surface area contributed by atoms with Gasteiger partial charge in [-0.05, 0) is 6.92 Å². The van der Waals surface area contributed by atoms with Gasteiger partial charge in [-0.3, -0.25) is 0 Å². The molecule has 12 nitrogen and oxygen atoms in total. The fraction of sp³-hybridized carbons (Fsp3) is 0.765. The van der Waals surface area contributed by atoms with Crippen molar-refractivity contribution >= 4 is 11.9 Å². The lowest BCUT2D eigenvalue weighted by atomic mass is 10.1. The molecule has 4 rings (SSSR count). The van der Waals surface area contributed by atoms with Gasteiger partial charge in [-0.15, -0.1) is 0 Å². The first-order chi connectivity index (χ1) is 13.6. The maximum atomic E-state index is 12.3. The summed E-state index contributed by atoms with van der Waals surface area (Å²) in [4.78, 5) is 24.4. The van der Waals surface area contributed by atoms with Crippen molar-refractivity contribution in [2.45, 2.75) is 55.1 Å². The Balaban J connectivity index is 1.37. The Kier molecular flexibility index (Phi) is 5.16. The molecule has 0 aromatic heterocycles. The Morgan fingerprint density at radius 3 is 1.90 bits per heavy atom. The molecule has 12 heteroatoms. The van der Waals surface area contributed by atoms with E-state index in [1.54, 1.807) is 0 Å². The molecule has 4 fully saturated rings. The van der Waals surface area contributed by atoms with Crippen LogP contribution in [0.3, 0.4) is 0 Å². The second kappa shape index (κ2) is 7.25. The monoisotopic (exact) mass is 418 g/mol. The molecule has 0 aliphatic carbocycles.